The molecule has 0 saturated heterocycles. The van der Waals surface area contributed by atoms with Crippen LogP contribution in [-0.4, -0.2) is 36.9 Å². The van der Waals surface area contributed by atoms with Crippen molar-refractivity contribution in [2.24, 2.45) is 4.99 Å². The summed E-state index contributed by atoms with van der Waals surface area (Å²) in [5.74, 6) is 1.83. The van der Waals surface area contributed by atoms with Crippen LogP contribution in [-0.2, 0) is 0 Å². The lowest BCUT2D eigenvalue weighted by Crippen LogP contribution is -2.35. The molecule has 1 aliphatic heterocycles. The number of anilines is 1. The monoisotopic (exact) mass is 498 g/mol. The van der Waals surface area contributed by atoms with E-state index in [-0.39, 0.29) is 29.3 Å². The molecule has 138 valence electrons. The molecule has 0 N–H and O–H groups in total. The van der Waals surface area contributed by atoms with Crippen LogP contribution in [0.5, 0.6) is 5.75 Å². The van der Waals surface area contributed by atoms with Gasteiger partial charge in [-0.3, -0.25) is 9.79 Å². The van der Waals surface area contributed by atoms with Gasteiger partial charge in [0.2, 0.25) is 0 Å². The van der Waals surface area contributed by atoms with Gasteiger partial charge >= 0.3 is 0 Å². The van der Waals surface area contributed by atoms with Crippen LogP contribution in [0.1, 0.15) is 16.8 Å². The number of carbonyl (C=O) groups is 1. The second-order valence-electron chi connectivity index (χ2n) is 5.58. The molecular formula is C19H20Br2N2O2S. The van der Waals surface area contributed by atoms with E-state index in [4.69, 9.17) is 4.74 Å². The Morgan fingerprint density at radius 1 is 1.19 bits per heavy atom. The van der Waals surface area contributed by atoms with Crippen molar-refractivity contribution in [1.29, 1.82) is 0 Å². The van der Waals surface area contributed by atoms with Crippen molar-refractivity contribution >= 4 is 61.3 Å². The van der Waals surface area contributed by atoms with Gasteiger partial charge in [0, 0.05) is 28.0 Å². The van der Waals surface area contributed by atoms with Crippen molar-refractivity contribution in [2.45, 2.75) is 6.42 Å². The number of aliphatic imine (C=N–C) groups is 1. The fraction of sp³-hybridized carbons (Fsp3) is 0.263. The summed E-state index contributed by atoms with van der Waals surface area (Å²) in [5, 5.41) is 0.912. The molecule has 0 amide bonds. The van der Waals surface area contributed by atoms with Crippen molar-refractivity contribution in [2.75, 3.05) is 30.9 Å². The molecule has 0 saturated carbocycles. The summed E-state index contributed by atoms with van der Waals surface area (Å²) in [6, 6.07) is 15.2. The average Bonchev–Trinajstić information content (AvgIpc) is 2.67. The molecule has 0 unspecified atom stereocenters. The number of methoxy groups -OCH3 is 1. The van der Waals surface area contributed by atoms with Gasteiger partial charge in [-0.15, -0.1) is 17.0 Å². The number of benzene rings is 2. The molecule has 1 aliphatic rings. The topological polar surface area (TPSA) is 41.9 Å². The molecule has 1 heterocycles. The first-order chi connectivity index (χ1) is 12.2. The van der Waals surface area contributed by atoms with Gasteiger partial charge < -0.3 is 9.64 Å². The Morgan fingerprint density at radius 2 is 1.88 bits per heavy atom. The quantitative estimate of drug-likeness (QED) is 0.529. The van der Waals surface area contributed by atoms with E-state index < -0.39 is 0 Å². The van der Waals surface area contributed by atoms with E-state index >= 15 is 0 Å². The summed E-state index contributed by atoms with van der Waals surface area (Å²) in [6.45, 7) is 1.08. The molecule has 0 aliphatic carbocycles. The standard InChI is InChI=1S/C19H19BrN2O2S.BrH/c1-24-17-9-3-14(4-10-17)18(23)13-22(19-21-11-2-12-25-19)16-7-5-15(20)6-8-16;/h3-10H,2,11-13H2,1H3;1H. The highest BCUT2D eigenvalue weighted by Crippen LogP contribution is 2.25. The van der Waals surface area contributed by atoms with Gasteiger partial charge in [-0.25, -0.2) is 0 Å². The van der Waals surface area contributed by atoms with Crippen LogP contribution in [0.4, 0.5) is 5.69 Å². The normalized spacial score (nSPS) is 13.4. The molecular weight excluding hydrogens is 480 g/mol. The van der Waals surface area contributed by atoms with E-state index in [1.165, 1.54) is 0 Å². The first-order valence-corrected chi connectivity index (χ1v) is 9.83. The number of Topliss-reactive ketones (excluding diaryl/α,β-unsaturated/α-hetero) is 1. The third-order valence-electron chi connectivity index (χ3n) is 3.86. The molecule has 7 heteroatoms. The van der Waals surface area contributed by atoms with Gasteiger partial charge in [-0.2, -0.15) is 0 Å². The van der Waals surface area contributed by atoms with Crippen LogP contribution in [0.15, 0.2) is 58.0 Å². The highest BCUT2D eigenvalue weighted by molar-refractivity contribution is 9.10. The van der Waals surface area contributed by atoms with Crippen LogP contribution in [0.2, 0.25) is 0 Å². The maximum Gasteiger partial charge on any atom is 0.182 e. The number of halogens is 2. The second kappa shape index (κ2) is 10.1. The van der Waals surface area contributed by atoms with Crippen molar-refractivity contribution in [3.8, 4) is 5.75 Å². The number of nitrogens with zero attached hydrogens (tertiary/aromatic N) is 2. The van der Waals surface area contributed by atoms with E-state index in [2.05, 4.69) is 20.9 Å². The molecule has 0 spiro atoms. The smallest absolute Gasteiger partial charge is 0.182 e. The van der Waals surface area contributed by atoms with Gasteiger partial charge in [0.05, 0.1) is 13.7 Å². The summed E-state index contributed by atoms with van der Waals surface area (Å²) >= 11 is 5.16. The van der Waals surface area contributed by atoms with E-state index in [9.17, 15) is 4.79 Å². The number of rotatable bonds is 5. The lowest BCUT2D eigenvalue weighted by atomic mass is 10.1. The fourth-order valence-electron chi connectivity index (χ4n) is 2.51. The lowest BCUT2D eigenvalue weighted by Gasteiger charge is -2.27. The largest absolute Gasteiger partial charge is 0.497 e. The minimum absolute atomic E-state index is 0. The summed E-state index contributed by atoms with van der Waals surface area (Å²) in [5.41, 5.74) is 1.64. The molecule has 0 atom stereocenters. The minimum atomic E-state index is 0. The van der Waals surface area contributed by atoms with Crippen LogP contribution in [0, 0.1) is 0 Å². The Balaban J connectivity index is 0.00000243. The zero-order valence-corrected chi connectivity index (χ0v) is 18.5. The predicted octanol–water partition coefficient (Wildman–Crippen LogP) is 5.22. The molecule has 2 aromatic carbocycles. The molecule has 0 radical (unpaired) electrons. The fourth-order valence-corrected chi connectivity index (χ4v) is 3.74. The SMILES string of the molecule is Br.COc1ccc(C(=O)CN(C2=NCCCS2)c2ccc(Br)cc2)cc1. The number of hydrogen-bond donors (Lipinski definition) is 0. The van der Waals surface area contributed by atoms with Crippen LogP contribution >= 0.6 is 44.7 Å². The molecule has 4 nitrogen and oxygen atoms in total. The van der Waals surface area contributed by atoms with Crippen molar-refractivity contribution in [1.82, 2.24) is 0 Å². The highest BCUT2D eigenvalue weighted by atomic mass is 79.9. The number of carbonyl (C=O) groups excluding carboxylic acids is 1. The molecule has 0 aromatic heterocycles. The van der Waals surface area contributed by atoms with Crippen molar-refractivity contribution in [3.05, 3.63) is 58.6 Å². The van der Waals surface area contributed by atoms with Gasteiger partial charge in [0.1, 0.15) is 5.75 Å². The Morgan fingerprint density at radius 3 is 2.46 bits per heavy atom. The van der Waals surface area contributed by atoms with Gasteiger partial charge in [-0.1, -0.05) is 27.7 Å². The Labute approximate surface area is 176 Å². The zero-order chi connectivity index (χ0) is 17.6. The van der Waals surface area contributed by atoms with E-state index in [0.717, 1.165) is 39.8 Å². The number of thioether (sulfide) groups is 1. The van der Waals surface area contributed by atoms with E-state index in [1.54, 1.807) is 31.0 Å². The highest BCUT2D eigenvalue weighted by Gasteiger charge is 2.20. The lowest BCUT2D eigenvalue weighted by molar-refractivity contribution is 0.100. The number of ether oxygens (including phenoxy) is 1. The molecule has 0 fully saturated rings. The number of ketones is 1. The van der Waals surface area contributed by atoms with Crippen molar-refractivity contribution < 1.29 is 9.53 Å². The first kappa shape index (κ1) is 21.0. The maximum absolute atomic E-state index is 12.8. The zero-order valence-electron chi connectivity index (χ0n) is 14.4. The molecule has 26 heavy (non-hydrogen) atoms. The molecule has 0 bridgehead atoms. The summed E-state index contributed by atoms with van der Waals surface area (Å²) in [4.78, 5) is 19.4. The Kier molecular flexibility index (Phi) is 8.18. The summed E-state index contributed by atoms with van der Waals surface area (Å²) in [6.07, 6.45) is 1.08. The van der Waals surface area contributed by atoms with Crippen molar-refractivity contribution in [3.63, 3.8) is 0 Å². The summed E-state index contributed by atoms with van der Waals surface area (Å²) in [7, 11) is 1.62. The average molecular weight is 500 g/mol. The van der Waals surface area contributed by atoms with Gasteiger partial charge in [-0.05, 0) is 55.0 Å². The third kappa shape index (κ3) is 5.34. The van der Waals surface area contributed by atoms with Crippen LogP contribution in [0.25, 0.3) is 0 Å². The number of amidine groups is 1. The first-order valence-electron chi connectivity index (χ1n) is 8.05. The van der Waals surface area contributed by atoms with Gasteiger partial charge in [0.15, 0.2) is 11.0 Å². The third-order valence-corrected chi connectivity index (χ3v) is 5.49. The van der Waals surface area contributed by atoms with Crippen LogP contribution < -0.4 is 9.64 Å². The predicted molar refractivity (Wildman–Crippen MR) is 119 cm³/mol. The summed E-state index contributed by atoms with van der Waals surface area (Å²) < 4.78 is 6.17. The minimum Gasteiger partial charge on any atom is -0.497 e. The van der Waals surface area contributed by atoms with Crippen LogP contribution in [0.3, 0.4) is 0 Å². The molecule has 3 rings (SSSR count). The maximum atomic E-state index is 12.8. The number of hydrogen-bond acceptors (Lipinski definition) is 5. The van der Waals surface area contributed by atoms with Gasteiger partial charge in [0.25, 0.3) is 0 Å². The van der Waals surface area contributed by atoms with E-state index in [0.29, 0.717) is 5.56 Å². The van der Waals surface area contributed by atoms with E-state index in [1.807, 2.05) is 41.3 Å². The second-order valence-corrected chi connectivity index (χ2v) is 7.56. The Hall–Kier alpha value is -1.31. The Bertz CT molecular complexity index is 764. The molecule has 2 aromatic rings.